The van der Waals surface area contributed by atoms with Crippen molar-refractivity contribution < 1.29 is 4.74 Å². The van der Waals surface area contributed by atoms with Crippen molar-refractivity contribution in [1.29, 1.82) is 0 Å². The van der Waals surface area contributed by atoms with Crippen molar-refractivity contribution in [2.45, 2.75) is 19.9 Å². The summed E-state index contributed by atoms with van der Waals surface area (Å²) in [4.78, 5) is 2.21. The maximum absolute atomic E-state index is 6.11. The van der Waals surface area contributed by atoms with Crippen LogP contribution < -0.4 is 10.5 Å². The molecule has 0 radical (unpaired) electrons. The van der Waals surface area contributed by atoms with Gasteiger partial charge in [0, 0.05) is 12.6 Å². The van der Waals surface area contributed by atoms with E-state index in [9.17, 15) is 0 Å². The number of rotatable bonds is 6. The number of hydrogen-bond donors (Lipinski definition) is 1. The number of benzene rings is 1. The number of nitrogens with two attached hydrogens (primary N) is 1. The Hall–Kier alpha value is -1.06. The molecule has 90 valence electrons. The molecule has 1 atom stereocenters. The van der Waals surface area contributed by atoms with Crippen molar-refractivity contribution in [1.82, 2.24) is 4.90 Å². The topological polar surface area (TPSA) is 38.5 Å². The lowest BCUT2D eigenvalue weighted by molar-refractivity contribution is 0.327. The van der Waals surface area contributed by atoms with Crippen LogP contribution in [-0.4, -0.2) is 31.6 Å². The van der Waals surface area contributed by atoms with Gasteiger partial charge in [0.05, 0.1) is 6.61 Å². The van der Waals surface area contributed by atoms with E-state index < -0.39 is 0 Å². The molecule has 16 heavy (non-hydrogen) atoms. The largest absolute Gasteiger partial charge is 0.494 e. The first-order chi connectivity index (χ1) is 7.67. The molecule has 2 N–H and O–H groups in total. The third-order valence-corrected chi connectivity index (χ3v) is 2.67. The van der Waals surface area contributed by atoms with Crippen LogP contribution in [0.25, 0.3) is 0 Å². The number of nitrogens with zero attached hydrogens (tertiary/aromatic N) is 1. The predicted molar refractivity (Wildman–Crippen MR) is 67.7 cm³/mol. The summed E-state index contributed by atoms with van der Waals surface area (Å²) in [6.07, 6.45) is 0. The average molecular weight is 222 g/mol. The van der Waals surface area contributed by atoms with Gasteiger partial charge in [-0.05, 0) is 38.2 Å². The van der Waals surface area contributed by atoms with Gasteiger partial charge in [0.25, 0.3) is 0 Å². The SMILES string of the molecule is CCOc1ccc(C(N)CN(C)CC)cc1. The van der Waals surface area contributed by atoms with Gasteiger partial charge in [-0.3, -0.25) is 0 Å². The molecule has 0 aromatic heterocycles. The van der Waals surface area contributed by atoms with E-state index in [2.05, 4.69) is 18.9 Å². The summed E-state index contributed by atoms with van der Waals surface area (Å²) in [5.74, 6) is 0.905. The van der Waals surface area contributed by atoms with Crippen molar-refractivity contribution in [3.05, 3.63) is 29.8 Å². The Morgan fingerprint density at radius 3 is 2.38 bits per heavy atom. The predicted octanol–water partition coefficient (Wildman–Crippen LogP) is 2.04. The Bertz CT molecular complexity index is 297. The lowest BCUT2D eigenvalue weighted by Crippen LogP contribution is -2.28. The van der Waals surface area contributed by atoms with Crippen LogP contribution in [0.2, 0.25) is 0 Å². The first-order valence-corrected chi connectivity index (χ1v) is 5.84. The molecule has 1 aromatic rings. The van der Waals surface area contributed by atoms with E-state index in [0.29, 0.717) is 6.61 Å². The second-order valence-corrected chi connectivity index (χ2v) is 3.96. The van der Waals surface area contributed by atoms with Crippen molar-refractivity contribution in [3.63, 3.8) is 0 Å². The Balaban J connectivity index is 2.59. The Kier molecular flexibility index (Phi) is 5.29. The maximum atomic E-state index is 6.11. The summed E-state index contributed by atoms with van der Waals surface area (Å²) < 4.78 is 5.39. The van der Waals surface area contributed by atoms with Crippen molar-refractivity contribution >= 4 is 0 Å². The standard InChI is InChI=1S/C13H22N2O/c1-4-15(3)10-13(14)11-6-8-12(9-7-11)16-5-2/h6-9,13H,4-5,10,14H2,1-3H3. The summed E-state index contributed by atoms with van der Waals surface area (Å²) >= 11 is 0. The fraction of sp³-hybridized carbons (Fsp3) is 0.538. The molecule has 1 aromatic carbocycles. The summed E-state index contributed by atoms with van der Waals surface area (Å²) in [6, 6.07) is 8.11. The van der Waals surface area contributed by atoms with Crippen LogP contribution in [0.5, 0.6) is 5.75 Å². The minimum atomic E-state index is 0.0700. The van der Waals surface area contributed by atoms with Gasteiger partial charge < -0.3 is 15.4 Å². The molecule has 0 fully saturated rings. The van der Waals surface area contributed by atoms with E-state index in [0.717, 1.165) is 24.4 Å². The molecule has 0 aliphatic rings. The third kappa shape index (κ3) is 3.83. The molecular formula is C13H22N2O. The lowest BCUT2D eigenvalue weighted by Gasteiger charge is -2.20. The van der Waals surface area contributed by atoms with Gasteiger partial charge >= 0.3 is 0 Å². The zero-order valence-electron chi connectivity index (χ0n) is 10.4. The molecule has 0 amide bonds. The molecule has 1 rings (SSSR count). The highest BCUT2D eigenvalue weighted by Crippen LogP contribution is 2.16. The molecule has 0 spiro atoms. The molecule has 0 saturated carbocycles. The van der Waals surface area contributed by atoms with Crippen LogP contribution in [0.1, 0.15) is 25.5 Å². The quantitative estimate of drug-likeness (QED) is 0.800. The molecule has 0 bridgehead atoms. The van der Waals surface area contributed by atoms with Gasteiger partial charge in [0.2, 0.25) is 0 Å². The highest BCUT2D eigenvalue weighted by atomic mass is 16.5. The van der Waals surface area contributed by atoms with Crippen LogP contribution in [0.15, 0.2) is 24.3 Å². The van der Waals surface area contributed by atoms with Crippen molar-refractivity contribution in [2.75, 3.05) is 26.7 Å². The molecule has 3 heteroatoms. The van der Waals surface area contributed by atoms with E-state index >= 15 is 0 Å². The Morgan fingerprint density at radius 2 is 1.88 bits per heavy atom. The van der Waals surface area contributed by atoms with E-state index in [4.69, 9.17) is 10.5 Å². The molecule has 3 nitrogen and oxygen atoms in total. The third-order valence-electron chi connectivity index (χ3n) is 2.67. The smallest absolute Gasteiger partial charge is 0.119 e. The van der Waals surface area contributed by atoms with Crippen LogP contribution in [0.3, 0.4) is 0 Å². The van der Waals surface area contributed by atoms with Crippen LogP contribution >= 0.6 is 0 Å². The zero-order chi connectivity index (χ0) is 12.0. The summed E-state index contributed by atoms with van der Waals surface area (Å²) in [7, 11) is 2.08. The summed E-state index contributed by atoms with van der Waals surface area (Å²) in [5.41, 5.74) is 7.27. The van der Waals surface area contributed by atoms with Crippen LogP contribution in [0, 0.1) is 0 Å². The number of ether oxygens (including phenoxy) is 1. The van der Waals surface area contributed by atoms with Gasteiger partial charge in [-0.25, -0.2) is 0 Å². The molecular weight excluding hydrogens is 200 g/mol. The first kappa shape index (κ1) is 13.0. The van der Waals surface area contributed by atoms with Gasteiger partial charge in [0.1, 0.15) is 5.75 Å². The highest BCUT2D eigenvalue weighted by molar-refractivity contribution is 5.29. The van der Waals surface area contributed by atoms with Crippen LogP contribution in [-0.2, 0) is 0 Å². The lowest BCUT2D eigenvalue weighted by atomic mass is 10.1. The van der Waals surface area contributed by atoms with Crippen molar-refractivity contribution in [2.24, 2.45) is 5.73 Å². The number of hydrogen-bond acceptors (Lipinski definition) is 3. The van der Waals surface area contributed by atoms with E-state index in [-0.39, 0.29) is 6.04 Å². The summed E-state index contributed by atoms with van der Waals surface area (Å²) in [6.45, 7) is 6.71. The first-order valence-electron chi connectivity index (χ1n) is 5.84. The fourth-order valence-corrected chi connectivity index (χ4v) is 1.55. The van der Waals surface area contributed by atoms with E-state index in [1.807, 2.05) is 31.2 Å². The highest BCUT2D eigenvalue weighted by Gasteiger charge is 2.08. The van der Waals surface area contributed by atoms with Gasteiger partial charge in [-0.2, -0.15) is 0 Å². The van der Waals surface area contributed by atoms with Gasteiger partial charge in [-0.1, -0.05) is 19.1 Å². The minimum Gasteiger partial charge on any atom is -0.494 e. The summed E-state index contributed by atoms with van der Waals surface area (Å²) in [5, 5.41) is 0. The molecule has 1 unspecified atom stereocenters. The molecule has 0 aliphatic heterocycles. The van der Waals surface area contributed by atoms with Crippen molar-refractivity contribution in [3.8, 4) is 5.75 Å². The molecule has 0 aliphatic carbocycles. The fourth-order valence-electron chi connectivity index (χ4n) is 1.55. The Labute approximate surface area is 98.2 Å². The molecule has 0 heterocycles. The maximum Gasteiger partial charge on any atom is 0.119 e. The second-order valence-electron chi connectivity index (χ2n) is 3.96. The van der Waals surface area contributed by atoms with Gasteiger partial charge in [-0.15, -0.1) is 0 Å². The van der Waals surface area contributed by atoms with Gasteiger partial charge in [0.15, 0.2) is 0 Å². The minimum absolute atomic E-state index is 0.0700. The Morgan fingerprint density at radius 1 is 1.25 bits per heavy atom. The average Bonchev–Trinajstić information content (AvgIpc) is 2.30. The normalized spacial score (nSPS) is 12.8. The second kappa shape index (κ2) is 6.51. The van der Waals surface area contributed by atoms with E-state index in [1.165, 1.54) is 0 Å². The zero-order valence-corrected chi connectivity index (χ0v) is 10.4. The number of likely N-dealkylation sites (N-methyl/N-ethyl adjacent to an activating group) is 1. The molecule has 0 saturated heterocycles. The monoisotopic (exact) mass is 222 g/mol. The van der Waals surface area contributed by atoms with E-state index in [1.54, 1.807) is 0 Å². The van der Waals surface area contributed by atoms with Crippen LogP contribution in [0.4, 0.5) is 0 Å².